The van der Waals surface area contributed by atoms with E-state index in [0.29, 0.717) is 5.56 Å². The molecule has 0 radical (unpaired) electrons. The second-order valence-corrected chi connectivity index (χ2v) is 5.39. The molecule has 0 aromatic heterocycles. The number of hydrogen-bond acceptors (Lipinski definition) is 3. The molecule has 0 amide bonds. The summed E-state index contributed by atoms with van der Waals surface area (Å²) >= 11 is 3.04. The topological polar surface area (TPSA) is 63.6 Å². The molecule has 19 heavy (non-hydrogen) atoms. The van der Waals surface area contributed by atoms with Crippen LogP contribution in [0.5, 0.6) is 0 Å². The number of hydrogen-bond donors (Lipinski definition) is 1. The van der Waals surface area contributed by atoms with Gasteiger partial charge in [-0.25, -0.2) is 4.39 Å². The number of benzene rings is 1. The van der Waals surface area contributed by atoms with Crippen LogP contribution in [0, 0.1) is 11.2 Å². The second-order valence-electron chi connectivity index (χ2n) is 4.54. The van der Waals surface area contributed by atoms with E-state index in [1.54, 1.807) is 0 Å². The van der Waals surface area contributed by atoms with E-state index in [4.69, 9.17) is 4.74 Å². The fourth-order valence-electron chi connectivity index (χ4n) is 2.14. The highest BCUT2D eigenvalue weighted by Crippen LogP contribution is 2.31. The molecule has 1 aliphatic heterocycles. The summed E-state index contributed by atoms with van der Waals surface area (Å²) in [5.74, 6) is -1.97. The maximum absolute atomic E-state index is 13.2. The van der Waals surface area contributed by atoms with E-state index < -0.39 is 17.2 Å². The smallest absolute Gasteiger partial charge is 0.319 e. The van der Waals surface area contributed by atoms with Crippen LogP contribution in [-0.4, -0.2) is 30.1 Å². The molecule has 1 atom stereocenters. The number of rotatable bonds is 3. The van der Waals surface area contributed by atoms with E-state index >= 15 is 0 Å². The summed E-state index contributed by atoms with van der Waals surface area (Å²) in [6, 6.07) is 4.21. The Morgan fingerprint density at radius 1 is 1.53 bits per heavy atom. The Morgan fingerprint density at radius 3 is 2.84 bits per heavy atom. The van der Waals surface area contributed by atoms with Crippen molar-refractivity contribution in [2.24, 2.45) is 5.41 Å². The molecule has 1 saturated heterocycles. The van der Waals surface area contributed by atoms with E-state index in [0.717, 1.165) is 0 Å². The Hall–Kier alpha value is -1.27. The lowest BCUT2D eigenvalue weighted by atomic mass is 9.76. The number of halogens is 2. The molecule has 0 saturated carbocycles. The first-order valence-corrected chi connectivity index (χ1v) is 6.53. The number of aliphatic carboxylic acids is 1. The van der Waals surface area contributed by atoms with Crippen LogP contribution in [-0.2, 0) is 20.7 Å². The maximum Gasteiger partial charge on any atom is 0.319 e. The van der Waals surface area contributed by atoms with Gasteiger partial charge in [-0.1, -0.05) is 6.07 Å². The summed E-state index contributed by atoms with van der Waals surface area (Å²) in [7, 11) is 0. The van der Waals surface area contributed by atoms with Gasteiger partial charge in [-0.3, -0.25) is 9.59 Å². The van der Waals surface area contributed by atoms with E-state index in [-0.39, 0.29) is 36.3 Å². The number of carboxylic acid groups (broad SMARTS) is 1. The van der Waals surface area contributed by atoms with Gasteiger partial charge in [0.1, 0.15) is 5.82 Å². The van der Waals surface area contributed by atoms with Crippen molar-refractivity contribution in [1.29, 1.82) is 0 Å². The van der Waals surface area contributed by atoms with Gasteiger partial charge in [-0.15, -0.1) is 0 Å². The minimum absolute atomic E-state index is 0.0000463. The summed E-state index contributed by atoms with van der Waals surface area (Å²) in [6.45, 7) is 0.108. The van der Waals surface area contributed by atoms with Gasteiger partial charge in [0.2, 0.25) is 0 Å². The Bertz CT molecular complexity index is 531. The largest absolute Gasteiger partial charge is 0.480 e. The summed E-state index contributed by atoms with van der Waals surface area (Å²) in [4.78, 5) is 23.4. The van der Waals surface area contributed by atoms with E-state index in [2.05, 4.69) is 15.9 Å². The average Bonchev–Trinajstić information content (AvgIpc) is 2.36. The van der Waals surface area contributed by atoms with Crippen molar-refractivity contribution in [1.82, 2.24) is 0 Å². The highest BCUT2D eigenvalue weighted by molar-refractivity contribution is 9.10. The van der Waals surface area contributed by atoms with Crippen molar-refractivity contribution in [2.75, 3.05) is 13.2 Å². The van der Waals surface area contributed by atoms with Crippen molar-refractivity contribution in [3.8, 4) is 0 Å². The van der Waals surface area contributed by atoms with Crippen LogP contribution < -0.4 is 0 Å². The molecule has 0 aliphatic carbocycles. The predicted octanol–water partition coefficient (Wildman–Crippen LogP) is 2.19. The highest BCUT2D eigenvalue weighted by Gasteiger charge is 2.47. The second kappa shape index (κ2) is 5.38. The Morgan fingerprint density at radius 2 is 2.26 bits per heavy atom. The summed E-state index contributed by atoms with van der Waals surface area (Å²) in [5.41, 5.74) is -0.982. The fourth-order valence-corrected chi connectivity index (χ4v) is 2.56. The normalized spacial score (nSPS) is 23.4. The van der Waals surface area contributed by atoms with Crippen molar-refractivity contribution < 1.29 is 23.8 Å². The minimum Gasteiger partial charge on any atom is -0.480 e. The van der Waals surface area contributed by atoms with Crippen LogP contribution in [0.4, 0.5) is 4.39 Å². The van der Waals surface area contributed by atoms with Crippen molar-refractivity contribution in [2.45, 2.75) is 12.8 Å². The fraction of sp³-hybridized carbons (Fsp3) is 0.385. The molecule has 1 heterocycles. The summed E-state index contributed by atoms with van der Waals surface area (Å²) in [6.07, 6.45) is 0.0920. The van der Waals surface area contributed by atoms with Crippen LogP contribution in [0.15, 0.2) is 22.7 Å². The van der Waals surface area contributed by atoms with E-state index in [9.17, 15) is 19.1 Å². The van der Waals surface area contributed by atoms with Crippen LogP contribution in [0.3, 0.4) is 0 Å². The van der Waals surface area contributed by atoms with Crippen molar-refractivity contribution in [3.63, 3.8) is 0 Å². The van der Waals surface area contributed by atoms with Crippen LogP contribution in [0.1, 0.15) is 12.0 Å². The van der Waals surface area contributed by atoms with Gasteiger partial charge < -0.3 is 9.84 Å². The molecule has 0 bridgehead atoms. The number of carbonyl (C=O) groups is 2. The Balaban J connectivity index is 2.33. The molecule has 1 fully saturated rings. The Labute approximate surface area is 117 Å². The van der Waals surface area contributed by atoms with Gasteiger partial charge >= 0.3 is 5.97 Å². The zero-order valence-corrected chi connectivity index (χ0v) is 11.6. The van der Waals surface area contributed by atoms with Gasteiger partial charge in [0.15, 0.2) is 11.2 Å². The lowest BCUT2D eigenvalue weighted by Crippen LogP contribution is -2.48. The van der Waals surface area contributed by atoms with Crippen LogP contribution in [0.25, 0.3) is 0 Å². The third-order valence-electron chi connectivity index (χ3n) is 3.25. The monoisotopic (exact) mass is 330 g/mol. The lowest BCUT2D eigenvalue weighted by molar-refractivity contribution is -0.164. The zero-order chi connectivity index (χ0) is 14.0. The average molecular weight is 331 g/mol. The third-order valence-corrected chi connectivity index (χ3v) is 3.86. The molecule has 102 valence electrons. The Kier molecular flexibility index (Phi) is 4.01. The molecular formula is C13H12BrFO4. The van der Waals surface area contributed by atoms with E-state index in [1.807, 2.05) is 0 Å². The summed E-state index contributed by atoms with van der Waals surface area (Å²) < 4.78 is 18.6. The van der Waals surface area contributed by atoms with Crippen molar-refractivity contribution >= 4 is 27.7 Å². The highest BCUT2D eigenvalue weighted by atomic mass is 79.9. The molecule has 6 heteroatoms. The molecule has 2 rings (SSSR count). The van der Waals surface area contributed by atoms with Gasteiger partial charge in [0, 0.05) is 6.42 Å². The number of ether oxygens (including phenoxy) is 1. The third kappa shape index (κ3) is 2.69. The number of Topliss-reactive ketones (excluding diaryl/α,β-unsaturated/α-hetero) is 1. The number of carboxylic acids is 1. The zero-order valence-electron chi connectivity index (χ0n) is 9.99. The van der Waals surface area contributed by atoms with Gasteiger partial charge in [-0.2, -0.15) is 0 Å². The molecule has 1 aromatic carbocycles. The lowest BCUT2D eigenvalue weighted by Gasteiger charge is -2.31. The van der Waals surface area contributed by atoms with Crippen molar-refractivity contribution in [3.05, 3.63) is 34.1 Å². The minimum atomic E-state index is -1.56. The van der Waals surface area contributed by atoms with E-state index in [1.165, 1.54) is 18.2 Å². The summed E-state index contributed by atoms with van der Waals surface area (Å²) in [5, 5.41) is 9.36. The molecule has 4 nitrogen and oxygen atoms in total. The first-order valence-electron chi connectivity index (χ1n) is 5.74. The molecule has 1 N–H and O–H groups in total. The molecule has 1 aromatic rings. The first-order chi connectivity index (χ1) is 8.95. The SMILES string of the molecule is O=C(O)C1(Cc2ccc(F)c(Br)c2)COCCC1=O. The van der Waals surface area contributed by atoms with Crippen LogP contribution in [0.2, 0.25) is 0 Å². The predicted molar refractivity (Wildman–Crippen MR) is 68.3 cm³/mol. The van der Waals surface area contributed by atoms with Gasteiger partial charge in [-0.05, 0) is 40.0 Å². The molecule has 1 unspecified atom stereocenters. The molecule has 1 aliphatic rings. The molecular weight excluding hydrogens is 319 g/mol. The van der Waals surface area contributed by atoms with Crippen LogP contribution >= 0.6 is 15.9 Å². The number of carbonyl (C=O) groups excluding carboxylic acids is 1. The maximum atomic E-state index is 13.2. The first kappa shape index (κ1) is 14.1. The van der Waals surface area contributed by atoms with Gasteiger partial charge in [0.25, 0.3) is 0 Å². The molecule has 0 spiro atoms. The quantitative estimate of drug-likeness (QED) is 0.863. The number of ketones is 1. The standard InChI is InChI=1S/C13H12BrFO4/c14-9-5-8(1-2-10(9)15)6-13(12(17)18)7-19-4-3-11(13)16/h1-2,5H,3-4,6-7H2,(H,17,18). The van der Waals surface area contributed by atoms with Gasteiger partial charge in [0.05, 0.1) is 17.7 Å².